The monoisotopic (exact) mass is 287 g/mol. The van der Waals surface area contributed by atoms with Crippen LogP contribution < -0.4 is 10.1 Å². The molecule has 0 spiro atoms. The van der Waals surface area contributed by atoms with E-state index in [1.165, 1.54) is 0 Å². The number of para-hydroxylation sites is 1. The van der Waals surface area contributed by atoms with Gasteiger partial charge in [-0.05, 0) is 31.0 Å². The molecule has 5 heteroatoms. The summed E-state index contributed by atoms with van der Waals surface area (Å²) in [5.74, 6) is 0.851. The van der Waals surface area contributed by atoms with Crippen molar-refractivity contribution in [2.24, 2.45) is 0 Å². The average molecular weight is 287 g/mol. The summed E-state index contributed by atoms with van der Waals surface area (Å²) in [5, 5.41) is 3.35. The van der Waals surface area contributed by atoms with Gasteiger partial charge in [0.1, 0.15) is 12.4 Å². The number of rotatable bonds is 10. The van der Waals surface area contributed by atoms with E-state index in [0.29, 0.717) is 13.0 Å². The molecule has 3 nitrogen and oxygen atoms in total. The molecule has 1 aromatic rings. The lowest BCUT2D eigenvalue weighted by Gasteiger charge is -2.19. The molecular formula is C15H23F2NO2. The van der Waals surface area contributed by atoms with Crippen molar-refractivity contribution < 1.29 is 18.3 Å². The van der Waals surface area contributed by atoms with Crippen LogP contribution in [0.2, 0.25) is 0 Å². The number of hydrogen-bond donors (Lipinski definition) is 1. The highest BCUT2D eigenvalue weighted by Gasteiger charge is 2.12. The van der Waals surface area contributed by atoms with Crippen molar-refractivity contribution in [1.82, 2.24) is 5.32 Å². The Morgan fingerprint density at radius 2 is 2.00 bits per heavy atom. The predicted octanol–water partition coefficient (Wildman–Crippen LogP) is 2.89. The Hall–Kier alpha value is -1.20. The lowest BCUT2D eigenvalue weighted by molar-refractivity contribution is 0.0144. The van der Waals surface area contributed by atoms with Gasteiger partial charge in [0.25, 0.3) is 6.43 Å². The second-order valence-electron chi connectivity index (χ2n) is 4.53. The molecule has 0 saturated heterocycles. The summed E-state index contributed by atoms with van der Waals surface area (Å²) >= 11 is 0. The normalized spacial score (nSPS) is 12.7. The Labute approximate surface area is 119 Å². The molecule has 20 heavy (non-hydrogen) atoms. The van der Waals surface area contributed by atoms with E-state index in [-0.39, 0.29) is 6.04 Å². The number of hydrogen-bond acceptors (Lipinski definition) is 3. The molecule has 1 atom stereocenters. The molecule has 0 aliphatic rings. The fraction of sp³-hybridized carbons (Fsp3) is 0.600. The molecule has 0 aliphatic carbocycles. The van der Waals surface area contributed by atoms with E-state index in [0.717, 1.165) is 24.3 Å². The average Bonchev–Trinajstić information content (AvgIpc) is 2.44. The molecule has 1 unspecified atom stereocenters. The van der Waals surface area contributed by atoms with Crippen LogP contribution in [-0.2, 0) is 11.2 Å². The number of likely N-dealkylation sites (N-methyl/N-ethyl adjacent to an activating group) is 1. The fourth-order valence-corrected chi connectivity index (χ4v) is 2.10. The minimum absolute atomic E-state index is 0.189. The summed E-state index contributed by atoms with van der Waals surface area (Å²) in [7, 11) is 1.65. The standard InChI is InChI=1S/C15H23F2NO2/c1-3-18-13(8-9-20-11-15(16)17)10-12-6-4-5-7-14(12)19-2/h4-7,13,15,18H,3,8-11H2,1-2H3. The van der Waals surface area contributed by atoms with Crippen LogP contribution in [0.15, 0.2) is 24.3 Å². The molecule has 0 fully saturated rings. The molecule has 1 aromatic carbocycles. The molecule has 0 bridgehead atoms. The third-order valence-corrected chi connectivity index (χ3v) is 3.01. The van der Waals surface area contributed by atoms with Crippen LogP contribution in [0.4, 0.5) is 8.78 Å². The quantitative estimate of drug-likeness (QED) is 0.671. The third-order valence-electron chi connectivity index (χ3n) is 3.01. The van der Waals surface area contributed by atoms with E-state index in [9.17, 15) is 8.78 Å². The summed E-state index contributed by atoms with van der Waals surface area (Å²) in [6.45, 7) is 2.69. The van der Waals surface area contributed by atoms with E-state index in [2.05, 4.69) is 5.32 Å². The first kappa shape index (κ1) is 16.9. The lowest BCUT2D eigenvalue weighted by Crippen LogP contribution is -2.32. The van der Waals surface area contributed by atoms with E-state index in [1.54, 1.807) is 7.11 Å². The Morgan fingerprint density at radius 3 is 2.65 bits per heavy atom. The first-order valence-corrected chi connectivity index (χ1v) is 6.88. The van der Waals surface area contributed by atoms with Crippen molar-refractivity contribution in [1.29, 1.82) is 0 Å². The molecule has 1 N–H and O–H groups in total. The van der Waals surface area contributed by atoms with E-state index in [1.807, 2.05) is 31.2 Å². The molecule has 0 heterocycles. The number of ether oxygens (including phenoxy) is 2. The van der Waals surface area contributed by atoms with Gasteiger partial charge in [-0.2, -0.15) is 0 Å². The van der Waals surface area contributed by atoms with Crippen LogP contribution in [0.3, 0.4) is 0 Å². The fourth-order valence-electron chi connectivity index (χ4n) is 2.10. The topological polar surface area (TPSA) is 30.5 Å². The Kier molecular flexibility index (Phi) is 8.14. The summed E-state index contributed by atoms with van der Waals surface area (Å²) in [6, 6.07) is 8.02. The van der Waals surface area contributed by atoms with Crippen LogP contribution >= 0.6 is 0 Å². The van der Waals surface area contributed by atoms with Crippen molar-refractivity contribution in [3.8, 4) is 5.75 Å². The van der Waals surface area contributed by atoms with E-state index >= 15 is 0 Å². The Morgan fingerprint density at radius 1 is 1.25 bits per heavy atom. The van der Waals surface area contributed by atoms with Gasteiger partial charge in [-0.15, -0.1) is 0 Å². The van der Waals surface area contributed by atoms with Crippen LogP contribution in [0.5, 0.6) is 5.75 Å². The van der Waals surface area contributed by atoms with E-state index < -0.39 is 13.0 Å². The molecule has 0 aliphatic heterocycles. The van der Waals surface area contributed by atoms with Gasteiger partial charge < -0.3 is 14.8 Å². The van der Waals surface area contributed by atoms with Gasteiger partial charge in [0.2, 0.25) is 0 Å². The first-order chi connectivity index (χ1) is 9.67. The molecule has 0 saturated carbocycles. The van der Waals surface area contributed by atoms with Crippen LogP contribution in [0, 0.1) is 0 Å². The van der Waals surface area contributed by atoms with Crippen molar-refractivity contribution in [3.05, 3.63) is 29.8 Å². The minimum atomic E-state index is -2.40. The van der Waals surface area contributed by atoms with Gasteiger partial charge in [0.15, 0.2) is 0 Å². The summed E-state index contributed by atoms with van der Waals surface area (Å²) in [6.07, 6.45) is -0.920. The minimum Gasteiger partial charge on any atom is -0.496 e. The highest BCUT2D eigenvalue weighted by molar-refractivity contribution is 5.33. The molecule has 114 valence electrons. The number of nitrogens with one attached hydrogen (secondary N) is 1. The molecule has 0 aromatic heterocycles. The number of alkyl halides is 2. The second-order valence-corrected chi connectivity index (χ2v) is 4.53. The van der Waals surface area contributed by atoms with Gasteiger partial charge >= 0.3 is 0 Å². The zero-order valence-corrected chi connectivity index (χ0v) is 12.1. The predicted molar refractivity (Wildman–Crippen MR) is 75.6 cm³/mol. The number of halogens is 2. The first-order valence-electron chi connectivity index (χ1n) is 6.88. The highest BCUT2D eigenvalue weighted by Crippen LogP contribution is 2.19. The molecular weight excluding hydrogens is 264 g/mol. The van der Waals surface area contributed by atoms with Gasteiger partial charge in [-0.25, -0.2) is 8.78 Å². The van der Waals surface area contributed by atoms with Gasteiger partial charge in [-0.3, -0.25) is 0 Å². The summed E-state index contributed by atoms with van der Waals surface area (Å²) < 4.78 is 34.3. The second kappa shape index (κ2) is 9.66. The summed E-state index contributed by atoms with van der Waals surface area (Å²) in [5.41, 5.74) is 1.11. The van der Waals surface area contributed by atoms with Crippen molar-refractivity contribution in [2.75, 3.05) is 26.9 Å². The molecule has 1 rings (SSSR count). The number of methoxy groups -OCH3 is 1. The Balaban J connectivity index is 2.49. The van der Waals surface area contributed by atoms with Crippen molar-refractivity contribution in [3.63, 3.8) is 0 Å². The largest absolute Gasteiger partial charge is 0.496 e. The smallest absolute Gasteiger partial charge is 0.261 e. The zero-order chi connectivity index (χ0) is 14.8. The maximum atomic E-state index is 12.0. The van der Waals surface area contributed by atoms with Gasteiger partial charge in [0, 0.05) is 12.6 Å². The van der Waals surface area contributed by atoms with E-state index in [4.69, 9.17) is 9.47 Å². The maximum Gasteiger partial charge on any atom is 0.261 e. The SMILES string of the molecule is CCNC(CCOCC(F)F)Cc1ccccc1OC. The number of benzene rings is 1. The maximum absolute atomic E-state index is 12.0. The van der Waals surface area contributed by atoms with Crippen molar-refractivity contribution in [2.45, 2.75) is 32.2 Å². The van der Waals surface area contributed by atoms with Crippen LogP contribution in [0.1, 0.15) is 18.9 Å². The van der Waals surface area contributed by atoms with Gasteiger partial charge in [0.05, 0.1) is 7.11 Å². The summed E-state index contributed by atoms with van der Waals surface area (Å²) in [4.78, 5) is 0. The van der Waals surface area contributed by atoms with Crippen LogP contribution in [0.25, 0.3) is 0 Å². The zero-order valence-electron chi connectivity index (χ0n) is 12.1. The Bertz CT molecular complexity index is 375. The molecule has 0 amide bonds. The highest BCUT2D eigenvalue weighted by atomic mass is 19.3. The lowest BCUT2D eigenvalue weighted by atomic mass is 10.0. The van der Waals surface area contributed by atoms with Crippen molar-refractivity contribution >= 4 is 0 Å². The molecule has 0 radical (unpaired) electrons. The van der Waals surface area contributed by atoms with Gasteiger partial charge in [-0.1, -0.05) is 25.1 Å². The third kappa shape index (κ3) is 6.30. The van der Waals surface area contributed by atoms with Crippen LogP contribution in [-0.4, -0.2) is 39.3 Å².